The van der Waals surface area contributed by atoms with E-state index in [9.17, 15) is 5.11 Å². The predicted octanol–water partition coefficient (Wildman–Crippen LogP) is 3.33. The molecule has 5 unspecified atom stereocenters. The number of rotatable bonds is 3. The van der Waals surface area contributed by atoms with Crippen LogP contribution in [0.5, 0.6) is 5.75 Å². The number of ether oxygens (including phenoxy) is 1. The van der Waals surface area contributed by atoms with Crippen LogP contribution >= 0.6 is 0 Å². The number of hydrogen-bond donors (Lipinski definition) is 1. The van der Waals surface area contributed by atoms with Crippen molar-refractivity contribution in [2.45, 2.75) is 32.3 Å². The number of methoxy groups -OCH3 is 1. The molecule has 0 aliphatic heterocycles. The van der Waals surface area contributed by atoms with Gasteiger partial charge in [0, 0.05) is 5.56 Å². The summed E-state index contributed by atoms with van der Waals surface area (Å²) in [6.45, 7) is 2.08. The molecule has 5 atom stereocenters. The van der Waals surface area contributed by atoms with Crippen molar-refractivity contribution in [3.05, 3.63) is 29.3 Å². The van der Waals surface area contributed by atoms with E-state index in [4.69, 9.17) is 4.74 Å². The highest BCUT2D eigenvalue weighted by molar-refractivity contribution is 5.40. The van der Waals surface area contributed by atoms with Crippen LogP contribution in [0.1, 0.15) is 36.5 Å². The van der Waals surface area contributed by atoms with E-state index >= 15 is 0 Å². The van der Waals surface area contributed by atoms with Crippen molar-refractivity contribution in [3.8, 4) is 5.75 Å². The largest absolute Gasteiger partial charge is 0.496 e. The third-order valence-electron chi connectivity index (χ3n) is 5.86. The van der Waals surface area contributed by atoms with Gasteiger partial charge in [0.2, 0.25) is 0 Å². The minimum atomic E-state index is -0.326. The zero-order valence-corrected chi connectivity index (χ0v) is 11.7. The summed E-state index contributed by atoms with van der Waals surface area (Å²) in [7, 11) is 1.69. The van der Waals surface area contributed by atoms with Gasteiger partial charge >= 0.3 is 0 Å². The Labute approximate surface area is 114 Å². The summed E-state index contributed by atoms with van der Waals surface area (Å²) in [6.07, 6.45) is 3.91. The lowest BCUT2D eigenvalue weighted by molar-refractivity contribution is 0.126. The standard InChI is InChI=1S/C17H22O2/c1-9-3-6-13(19-2)12(7-9)17(18)16-14-10-4-5-11(8-10)15(14)16/h3,6-7,10-11,14-18H,4-5,8H2,1-2H3. The first-order valence-electron chi connectivity index (χ1n) is 7.53. The predicted molar refractivity (Wildman–Crippen MR) is 74.0 cm³/mol. The molecule has 0 heterocycles. The Morgan fingerprint density at radius 1 is 1.21 bits per heavy atom. The highest BCUT2D eigenvalue weighted by atomic mass is 16.5. The van der Waals surface area contributed by atoms with Gasteiger partial charge in [0.05, 0.1) is 13.2 Å². The van der Waals surface area contributed by atoms with E-state index in [0.717, 1.165) is 35.0 Å². The number of aryl methyl sites for hydroxylation is 1. The van der Waals surface area contributed by atoms with E-state index in [1.54, 1.807) is 7.11 Å². The first-order valence-corrected chi connectivity index (χ1v) is 7.53. The highest BCUT2D eigenvalue weighted by Crippen LogP contribution is 2.72. The lowest BCUT2D eigenvalue weighted by Gasteiger charge is -2.18. The summed E-state index contributed by atoms with van der Waals surface area (Å²) >= 11 is 0. The fourth-order valence-corrected chi connectivity index (χ4v) is 5.11. The van der Waals surface area contributed by atoms with Crippen LogP contribution in [0.15, 0.2) is 18.2 Å². The lowest BCUT2D eigenvalue weighted by atomic mass is 9.94. The second kappa shape index (κ2) is 3.99. The maximum atomic E-state index is 10.8. The van der Waals surface area contributed by atoms with Crippen LogP contribution in [0, 0.1) is 36.5 Å². The first kappa shape index (κ1) is 11.8. The molecule has 4 rings (SSSR count). The van der Waals surface area contributed by atoms with Gasteiger partial charge in [-0.1, -0.05) is 11.6 Å². The normalized spacial score (nSPS) is 40.1. The van der Waals surface area contributed by atoms with Crippen molar-refractivity contribution in [2.75, 3.05) is 7.11 Å². The molecule has 3 aliphatic carbocycles. The smallest absolute Gasteiger partial charge is 0.124 e. The van der Waals surface area contributed by atoms with Crippen LogP contribution < -0.4 is 4.74 Å². The Bertz CT molecular complexity index is 494. The van der Waals surface area contributed by atoms with E-state index in [-0.39, 0.29) is 6.10 Å². The molecular weight excluding hydrogens is 236 g/mol. The molecule has 1 N–H and O–H groups in total. The molecule has 0 radical (unpaired) electrons. The summed E-state index contributed by atoms with van der Waals surface area (Å²) in [5, 5.41) is 10.8. The zero-order valence-electron chi connectivity index (χ0n) is 11.7. The maximum absolute atomic E-state index is 10.8. The quantitative estimate of drug-likeness (QED) is 0.901. The minimum absolute atomic E-state index is 0.326. The number of aliphatic hydroxyl groups is 1. The SMILES string of the molecule is COc1ccc(C)cc1C(O)C1C2C3CCC(C3)C21. The summed E-state index contributed by atoms with van der Waals surface area (Å²) in [6, 6.07) is 6.13. The molecular formula is C17H22O2. The summed E-state index contributed by atoms with van der Waals surface area (Å²) in [5.41, 5.74) is 2.20. The van der Waals surface area contributed by atoms with Crippen LogP contribution in [-0.4, -0.2) is 12.2 Å². The highest BCUT2D eigenvalue weighted by Gasteiger charge is 2.66. The molecule has 2 bridgehead atoms. The Morgan fingerprint density at radius 2 is 1.89 bits per heavy atom. The van der Waals surface area contributed by atoms with E-state index in [1.165, 1.54) is 24.8 Å². The van der Waals surface area contributed by atoms with Gasteiger partial charge in [-0.15, -0.1) is 0 Å². The fraction of sp³-hybridized carbons (Fsp3) is 0.647. The zero-order chi connectivity index (χ0) is 13.1. The Balaban J connectivity index is 1.62. The van der Waals surface area contributed by atoms with Crippen molar-refractivity contribution >= 4 is 0 Å². The molecule has 1 aromatic rings. The Hall–Kier alpha value is -1.02. The van der Waals surface area contributed by atoms with Crippen molar-refractivity contribution in [1.82, 2.24) is 0 Å². The summed E-state index contributed by atoms with van der Waals surface area (Å²) in [4.78, 5) is 0. The Kier molecular flexibility index (Phi) is 2.47. The Morgan fingerprint density at radius 3 is 2.53 bits per heavy atom. The molecule has 1 aromatic carbocycles. The molecule has 2 heteroatoms. The van der Waals surface area contributed by atoms with Crippen molar-refractivity contribution in [1.29, 1.82) is 0 Å². The topological polar surface area (TPSA) is 29.5 Å². The summed E-state index contributed by atoms with van der Waals surface area (Å²) in [5.74, 6) is 4.77. The molecule has 3 saturated carbocycles. The van der Waals surface area contributed by atoms with Crippen LogP contribution in [0.3, 0.4) is 0 Å². The molecule has 0 saturated heterocycles. The molecule has 2 nitrogen and oxygen atoms in total. The second-order valence-electron chi connectivity index (χ2n) is 6.76. The molecule has 102 valence electrons. The second-order valence-corrected chi connectivity index (χ2v) is 6.76. The van der Waals surface area contributed by atoms with Crippen LogP contribution in [0.2, 0.25) is 0 Å². The van der Waals surface area contributed by atoms with Gasteiger partial charge in [-0.2, -0.15) is 0 Å². The number of aliphatic hydroxyl groups excluding tert-OH is 1. The van der Waals surface area contributed by atoms with Crippen molar-refractivity contribution in [2.24, 2.45) is 29.6 Å². The molecule has 0 spiro atoms. The van der Waals surface area contributed by atoms with Gasteiger partial charge in [-0.25, -0.2) is 0 Å². The molecule has 0 aromatic heterocycles. The molecule has 19 heavy (non-hydrogen) atoms. The average Bonchev–Trinajstić information content (AvgIpc) is 2.85. The maximum Gasteiger partial charge on any atom is 0.124 e. The lowest BCUT2D eigenvalue weighted by Crippen LogP contribution is -2.09. The molecule has 3 fully saturated rings. The van der Waals surface area contributed by atoms with E-state index < -0.39 is 0 Å². The third kappa shape index (κ3) is 1.59. The molecule has 3 aliphatic rings. The third-order valence-corrected chi connectivity index (χ3v) is 5.86. The number of fused-ring (bicyclic) bond motifs is 5. The van der Waals surface area contributed by atoms with E-state index in [2.05, 4.69) is 13.0 Å². The van der Waals surface area contributed by atoms with Gasteiger partial charge in [0.25, 0.3) is 0 Å². The minimum Gasteiger partial charge on any atom is -0.496 e. The van der Waals surface area contributed by atoms with Crippen LogP contribution in [-0.2, 0) is 0 Å². The van der Waals surface area contributed by atoms with Crippen molar-refractivity contribution in [3.63, 3.8) is 0 Å². The van der Waals surface area contributed by atoms with Crippen molar-refractivity contribution < 1.29 is 9.84 Å². The first-order chi connectivity index (χ1) is 9.20. The fourth-order valence-electron chi connectivity index (χ4n) is 5.11. The number of hydrogen-bond acceptors (Lipinski definition) is 2. The van der Waals surface area contributed by atoms with Gasteiger partial charge < -0.3 is 9.84 Å². The number of benzene rings is 1. The molecule has 0 amide bonds. The van der Waals surface area contributed by atoms with Gasteiger partial charge in [-0.3, -0.25) is 0 Å². The van der Waals surface area contributed by atoms with E-state index in [0.29, 0.717) is 5.92 Å². The van der Waals surface area contributed by atoms with E-state index in [1.807, 2.05) is 12.1 Å². The summed E-state index contributed by atoms with van der Waals surface area (Å²) < 4.78 is 5.43. The van der Waals surface area contributed by atoms with Gasteiger partial charge in [0.15, 0.2) is 0 Å². The average molecular weight is 258 g/mol. The van der Waals surface area contributed by atoms with Crippen LogP contribution in [0.4, 0.5) is 0 Å². The van der Waals surface area contributed by atoms with Gasteiger partial charge in [0.1, 0.15) is 5.75 Å². The van der Waals surface area contributed by atoms with Gasteiger partial charge in [-0.05, 0) is 67.9 Å². The van der Waals surface area contributed by atoms with Crippen LogP contribution in [0.25, 0.3) is 0 Å². The monoisotopic (exact) mass is 258 g/mol.